The Morgan fingerprint density at radius 1 is 0.821 bits per heavy atom. The van der Waals surface area contributed by atoms with Crippen LogP contribution in [0.3, 0.4) is 0 Å². The average molecular weight is 373 g/mol. The molecule has 4 rings (SSSR count). The van der Waals surface area contributed by atoms with E-state index >= 15 is 0 Å². The van der Waals surface area contributed by atoms with E-state index in [9.17, 15) is 0 Å². The van der Waals surface area contributed by atoms with Crippen LogP contribution in [-0.2, 0) is 19.4 Å². The fourth-order valence-corrected chi connectivity index (χ4v) is 4.16. The van der Waals surface area contributed by atoms with E-state index in [0.717, 1.165) is 37.4 Å². The fourth-order valence-electron chi connectivity index (χ4n) is 4.16. The maximum Gasteiger partial charge on any atom is 0.161 e. The van der Waals surface area contributed by atoms with Gasteiger partial charge >= 0.3 is 0 Å². The van der Waals surface area contributed by atoms with E-state index < -0.39 is 0 Å². The molecular weight excluding hydrogens is 346 g/mol. The number of ether oxygens (including phenoxy) is 2. The Kier molecular flexibility index (Phi) is 5.63. The molecule has 0 saturated heterocycles. The lowest BCUT2D eigenvalue weighted by molar-refractivity contribution is 0.174. The van der Waals surface area contributed by atoms with Crippen molar-refractivity contribution in [1.29, 1.82) is 0 Å². The molecule has 3 aromatic rings. The zero-order valence-electron chi connectivity index (χ0n) is 16.6. The first kappa shape index (κ1) is 18.6. The van der Waals surface area contributed by atoms with Crippen molar-refractivity contribution < 1.29 is 9.47 Å². The molecule has 0 radical (unpaired) electrons. The molecule has 0 amide bonds. The highest BCUT2D eigenvalue weighted by Crippen LogP contribution is 2.40. The summed E-state index contributed by atoms with van der Waals surface area (Å²) >= 11 is 0. The minimum absolute atomic E-state index is 0.311. The van der Waals surface area contributed by atoms with Crippen LogP contribution in [0, 0.1) is 0 Å². The molecule has 1 heterocycles. The second kappa shape index (κ2) is 8.49. The zero-order chi connectivity index (χ0) is 19.3. The quantitative estimate of drug-likeness (QED) is 0.604. The first-order valence-corrected chi connectivity index (χ1v) is 9.85. The Bertz CT molecular complexity index is 909. The van der Waals surface area contributed by atoms with Crippen LogP contribution in [0.15, 0.2) is 72.8 Å². The van der Waals surface area contributed by atoms with Crippen molar-refractivity contribution >= 4 is 0 Å². The fraction of sp³-hybridized carbons (Fsp3) is 0.280. The van der Waals surface area contributed by atoms with Crippen molar-refractivity contribution in [2.45, 2.75) is 25.4 Å². The van der Waals surface area contributed by atoms with Crippen LogP contribution in [0.1, 0.15) is 28.3 Å². The topological polar surface area (TPSA) is 21.7 Å². The maximum absolute atomic E-state index is 5.61. The van der Waals surface area contributed by atoms with Gasteiger partial charge in [-0.3, -0.25) is 4.90 Å². The van der Waals surface area contributed by atoms with E-state index in [1.54, 1.807) is 14.2 Å². The van der Waals surface area contributed by atoms with E-state index in [-0.39, 0.29) is 0 Å². The average Bonchev–Trinajstić information content (AvgIpc) is 2.76. The van der Waals surface area contributed by atoms with Crippen molar-refractivity contribution in [2.75, 3.05) is 20.8 Å². The molecule has 1 aliphatic heterocycles. The molecule has 28 heavy (non-hydrogen) atoms. The predicted molar refractivity (Wildman–Crippen MR) is 113 cm³/mol. The van der Waals surface area contributed by atoms with E-state index in [2.05, 4.69) is 77.7 Å². The Hall–Kier alpha value is -2.78. The standard InChI is InChI=1S/C25H27NO2/c1-27-24-16-21-13-14-26(18-20-11-7-4-8-12-20)23(22(21)17-25(24)28-2)15-19-9-5-3-6-10-19/h3-12,16-17,23H,13-15,18H2,1-2H3. The van der Waals surface area contributed by atoms with E-state index in [1.807, 2.05) is 0 Å². The van der Waals surface area contributed by atoms with Gasteiger partial charge in [-0.2, -0.15) is 0 Å². The van der Waals surface area contributed by atoms with E-state index in [4.69, 9.17) is 9.47 Å². The van der Waals surface area contributed by atoms with Crippen molar-refractivity contribution in [3.63, 3.8) is 0 Å². The Morgan fingerprint density at radius 2 is 1.43 bits per heavy atom. The third-order valence-corrected chi connectivity index (χ3v) is 5.61. The Morgan fingerprint density at radius 3 is 2.07 bits per heavy atom. The summed E-state index contributed by atoms with van der Waals surface area (Å²) in [5.74, 6) is 1.62. The maximum atomic E-state index is 5.61. The van der Waals surface area contributed by atoms with Gasteiger partial charge in [0.1, 0.15) is 0 Å². The van der Waals surface area contributed by atoms with Gasteiger partial charge in [0.05, 0.1) is 14.2 Å². The molecule has 0 aromatic heterocycles. The van der Waals surface area contributed by atoms with Crippen LogP contribution in [0.2, 0.25) is 0 Å². The normalized spacial score (nSPS) is 16.4. The number of rotatable bonds is 6. The van der Waals surface area contributed by atoms with Crippen LogP contribution in [0.5, 0.6) is 11.5 Å². The van der Waals surface area contributed by atoms with Gasteiger partial charge < -0.3 is 9.47 Å². The van der Waals surface area contributed by atoms with Gasteiger partial charge in [0, 0.05) is 19.1 Å². The molecule has 1 unspecified atom stereocenters. The molecule has 0 bridgehead atoms. The van der Waals surface area contributed by atoms with Crippen molar-refractivity contribution in [1.82, 2.24) is 4.90 Å². The SMILES string of the molecule is COc1cc2c(cc1OC)C(Cc1ccccc1)N(Cc1ccccc1)CC2. The minimum Gasteiger partial charge on any atom is -0.493 e. The second-order valence-corrected chi connectivity index (χ2v) is 7.32. The molecule has 1 atom stereocenters. The van der Waals surface area contributed by atoms with Crippen LogP contribution >= 0.6 is 0 Å². The minimum atomic E-state index is 0.311. The summed E-state index contributed by atoms with van der Waals surface area (Å²) in [4.78, 5) is 2.59. The third-order valence-electron chi connectivity index (χ3n) is 5.61. The van der Waals surface area contributed by atoms with Crippen molar-refractivity contribution in [3.8, 4) is 11.5 Å². The van der Waals surface area contributed by atoms with Crippen molar-refractivity contribution in [3.05, 3.63) is 95.1 Å². The Labute approximate surface area is 167 Å². The molecule has 3 heteroatoms. The van der Waals surface area contributed by atoms with Gasteiger partial charge in [-0.1, -0.05) is 60.7 Å². The first-order valence-electron chi connectivity index (χ1n) is 9.85. The monoisotopic (exact) mass is 373 g/mol. The number of benzene rings is 3. The van der Waals surface area contributed by atoms with Crippen molar-refractivity contribution in [2.24, 2.45) is 0 Å². The highest BCUT2D eigenvalue weighted by Gasteiger charge is 2.29. The molecule has 3 nitrogen and oxygen atoms in total. The van der Waals surface area contributed by atoms with E-state index in [0.29, 0.717) is 6.04 Å². The van der Waals surface area contributed by atoms with E-state index in [1.165, 1.54) is 22.3 Å². The second-order valence-electron chi connectivity index (χ2n) is 7.32. The highest BCUT2D eigenvalue weighted by atomic mass is 16.5. The van der Waals surface area contributed by atoms with Gasteiger partial charge in [-0.05, 0) is 47.2 Å². The summed E-state index contributed by atoms with van der Waals surface area (Å²) in [5.41, 5.74) is 5.42. The third kappa shape index (κ3) is 3.90. The summed E-state index contributed by atoms with van der Waals surface area (Å²) < 4.78 is 11.2. The lowest BCUT2D eigenvalue weighted by Crippen LogP contribution is -2.36. The lowest BCUT2D eigenvalue weighted by atomic mass is 9.88. The number of hydrogen-bond donors (Lipinski definition) is 0. The summed E-state index contributed by atoms with van der Waals surface area (Å²) in [6.07, 6.45) is 2.00. The molecule has 3 aromatic carbocycles. The lowest BCUT2D eigenvalue weighted by Gasteiger charge is -2.38. The largest absolute Gasteiger partial charge is 0.493 e. The van der Waals surface area contributed by atoms with Gasteiger partial charge in [-0.15, -0.1) is 0 Å². The van der Waals surface area contributed by atoms with Crippen LogP contribution < -0.4 is 9.47 Å². The summed E-state index contributed by atoms with van der Waals surface area (Å²) in [5, 5.41) is 0. The van der Waals surface area contributed by atoms with Crippen LogP contribution in [-0.4, -0.2) is 25.7 Å². The van der Waals surface area contributed by atoms with Gasteiger partial charge in [0.25, 0.3) is 0 Å². The number of nitrogens with zero attached hydrogens (tertiary/aromatic N) is 1. The predicted octanol–water partition coefficient (Wildman–Crippen LogP) is 5.05. The molecule has 0 N–H and O–H groups in total. The van der Waals surface area contributed by atoms with Crippen LogP contribution in [0.25, 0.3) is 0 Å². The van der Waals surface area contributed by atoms with Gasteiger partial charge in [0.15, 0.2) is 11.5 Å². The summed E-state index contributed by atoms with van der Waals surface area (Å²) in [7, 11) is 3.41. The number of fused-ring (bicyclic) bond motifs is 1. The molecular formula is C25H27NO2. The number of methoxy groups -OCH3 is 2. The first-order chi connectivity index (χ1) is 13.8. The summed E-state index contributed by atoms with van der Waals surface area (Å²) in [6, 6.07) is 26.1. The molecule has 0 fully saturated rings. The molecule has 1 aliphatic rings. The number of hydrogen-bond acceptors (Lipinski definition) is 3. The smallest absolute Gasteiger partial charge is 0.161 e. The van der Waals surface area contributed by atoms with Gasteiger partial charge in [0.2, 0.25) is 0 Å². The Balaban J connectivity index is 1.72. The highest BCUT2D eigenvalue weighted by molar-refractivity contribution is 5.50. The molecule has 0 aliphatic carbocycles. The molecule has 144 valence electrons. The molecule has 0 spiro atoms. The zero-order valence-corrected chi connectivity index (χ0v) is 16.6. The molecule has 0 saturated carbocycles. The van der Waals surface area contributed by atoms with Crippen LogP contribution in [0.4, 0.5) is 0 Å². The summed E-state index contributed by atoms with van der Waals surface area (Å²) in [6.45, 7) is 1.99. The van der Waals surface area contributed by atoms with Gasteiger partial charge in [-0.25, -0.2) is 0 Å².